The maximum atomic E-state index is 11.7. The molecule has 5 atom stereocenters. The first kappa shape index (κ1) is 23.9. The Bertz CT molecular complexity index is 841. The van der Waals surface area contributed by atoms with Gasteiger partial charge in [-0.1, -0.05) is 0 Å². The number of hydrogen-bond donors (Lipinski definition) is 6. The maximum absolute atomic E-state index is 11.7. The molecular formula is C9H15N2NaO12P2. The number of aliphatic hydroxyl groups excluding tert-OH is 2. The molecule has 0 aromatic carbocycles. The fourth-order valence-electron chi connectivity index (χ4n) is 2.05. The second-order valence-electron chi connectivity index (χ2n) is 4.90. The summed E-state index contributed by atoms with van der Waals surface area (Å²) in [4.78, 5) is 50.7. The Morgan fingerprint density at radius 3 is 2.38 bits per heavy atom. The van der Waals surface area contributed by atoms with E-state index >= 15 is 0 Å². The van der Waals surface area contributed by atoms with Crippen LogP contribution in [0, 0.1) is 0 Å². The molecular weight excluding hydrogens is 413 g/mol. The minimum absolute atomic E-state index is 0. The van der Waals surface area contributed by atoms with E-state index in [0.717, 1.165) is 16.8 Å². The summed E-state index contributed by atoms with van der Waals surface area (Å²) in [6.07, 6.45) is -5.25. The topological polar surface area (TPSA) is 218 Å². The average molecular weight is 428 g/mol. The van der Waals surface area contributed by atoms with Crippen molar-refractivity contribution in [1.29, 1.82) is 0 Å². The van der Waals surface area contributed by atoms with Crippen molar-refractivity contribution in [3.8, 4) is 0 Å². The molecule has 1 saturated heterocycles. The zero-order valence-corrected chi connectivity index (χ0v) is 16.9. The smallest absolute Gasteiger partial charge is 1.00 e. The Balaban J connectivity index is 0.00000338. The first-order chi connectivity index (χ1) is 11.4. The average Bonchev–Trinajstić information content (AvgIpc) is 2.71. The predicted octanol–water partition coefficient (Wildman–Crippen LogP) is -5.50. The van der Waals surface area contributed by atoms with Crippen molar-refractivity contribution in [3.63, 3.8) is 0 Å². The van der Waals surface area contributed by atoms with E-state index in [-0.39, 0.29) is 31.0 Å². The number of phosphoric acid groups is 2. The van der Waals surface area contributed by atoms with Crippen LogP contribution in [0.1, 0.15) is 7.65 Å². The monoisotopic (exact) mass is 428 g/mol. The van der Waals surface area contributed by atoms with E-state index in [1.54, 1.807) is 0 Å². The molecule has 0 bridgehead atoms. The first-order valence-electron chi connectivity index (χ1n) is 6.47. The molecule has 1 aromatic rings. The third-order valence-electron chi connectivity index (χ3n) is 3.07. The van der Waals surface area contributed by atoms with E-state index in [4.69, 9.17) is 19.4 Å². The molecule has 6 N–H and O–H groups in total. The van der Waals surface area contributed by atoms with Crippen molar-refractivity contribution in [2.45, 2.75) is 24.5 Å². The van der Waals surface area contributed by atoms with Crippen molar-refractivity contribution in [2.24, 2.45) is 0 Å². The largest absolute Gasteiger partial charge is 1.00 e. The Kier molecular flexibility index (Phi) is 8.15. The SMILES string of the molecule is O=c1ccn([C@H]2O[C@@H](COP(=O)(O)OP(=O)(O)O)C(O)C2O)c(=O)[nH]1.[H-].[Na+]. The molecule has 2 rings (SSSR count). The number of nitrogens with zero attached hydrogens (tertiary/aromatic N) is 1. The van der Waals surface area contributed by atoms with Crippen molar-refractivity contribution in [1.82, 2.24) is 9.55 Å². The van der Waals surface area contributed by atoms with Gasteiger partial charge in [-0.25, -0.2) is 13.9 Å². The van der Waals surface area contributed by atoms with E-state index in [9.17, 15) is 28.9 Å². The second-order valence-corrected chi connectivity index (χ2v) is 7.73. The Morgan fingerprint density at radius 2 is 1.85 bits per heavy atom. The number of hydrogen-bond acceptors (Lipinski definition) is 9. The fourth-order valence-corrected chi connectivity index (χ4v) is 3.65. The maximum Gasteiger partial charge on any atom is 1.00 e. The quantitative estimate of drug-likeness (QED) is 0.185. The van der Waals surface area contributed by atoms with Gasteiger partial charge in [0.25, 0.3) is 5.56 Å². The molecule has 2 heterocycles. The van der Waals surface area contributed by atoms with E-state index in [1.165, 1.54) is 0 Å². The van der Waals surface area contributed by atoms with E-state index in [2.05, 4.69) is 8.83 Å². The van der Waals surface area contributed by atoms with Crippen LogP contribution in [0.3, 0.4) is 0 Å². The summed E-state index contributed by atoms with van der Waals surface area (Å²) in [7, 11) is -10.5. The van der Waals surface area contributed by atoms with Crippen molar-refractivity contribution < 1.29 is 78.6 Å². The zero-order chi connectivity index (χ0) is 19.0. The van der Waals surface area contributed by atoms with Gasteiger partial charge >= 0.3 is 50.9 Å². The Hall–Kier alpha value is -0.180. The van der Waals surface area contributed by atoms with Crippen LogP contribution < -0.4 is 40.8 Å². The van der Waals surface area contributed by atoms with Gasteiger partial charge in [-0.15, -0.1) is 0 Å². The van der Waals surface area contributed by atoms with Gasteiger partial charge in [-0.3, -0.25) is 18.9 Å². The summed E-state index contributed by atoms with van der Waals surface area (Å²) < 4.78 is 35.6. The molecule has 14 nitrogen and oxygen atoms in total. The summed E-state index contributed by atoms with van der Waals surface area (Å²) in [5, 5.41) is 19.8. The molecule has 0 radical (unpaired) electrons. The van der Waals surface area contributed by atoms with Crippen molar-refractivity contribution in [2.75, 3.05) is 6.61 Å². The van der Waals surface area contributed by atoms with Crippen molar-refractivity contribution in [3.05, 3.63) is 33.1 Å². The third-order valence-corrected chi connectivity index (χ3v) is 5.23. The van der Waals surface area contributed by atoms with Gasteiger partial charge in [0, 0.05) is 12.3 Å². The van der Waals surface area contributed by atoms with E-state index in [0.29, 0.717) is 0 Å². The van der Waals surface area contributed by atoms with Gasteiger partial charge in [0.1, 0.15) is 18.3 Å². The molecule has 1 fully saturated rings. The number of rotatable bonds is 6. The predicted molar refractivity (Wildman–Crippen MR) is 77.3 cm³/mol. The third kappa shape index (κ3) is 6.17. The van der Waals surface area contributed by atoms with Crippen LogP contribution in [-0.2, 0) is 22.7 Å². The molecule has 144 valence electrons. The number of nitrogens with one attached hydrogen (secondary N) is 1. The van der Waals surface area contributed by atoms with Gasteiger partial charge in [0.05, 0.1) is 6.61 Å². The normalized spacial score (nSPS) is 28.3. The number of aromatic amines is 1. The molecule has 1 aliphatic heterocycles. The standard InChI is InChI=1S/C9H14N2O12P2.Na.H/c12-5-1-2-11(9(15)10-5)8-7(14)6(13)4(22-8)3-21-25(19,20)23-24(16,17)18;;/h1-2,4,6-8,13-14H,3H2,(H,19,20)(H,10,12,15)(H2,16,17,18);;/q;+1;-1/t4-,6?,7?,8-;;/m0../s1. The molecule has 1 aromatic heterocycles. The molecule has 17 heteroatoms. The van der Waals surface area contributed by atoms with Gasteiger partial charge in [-0.05, 0) is 0 Å². The van der Waals surface area contributed by atoms with Crippen LogP contribution in [0.5, 0.6) is 0 Å². The summed E-state index contributed by atoms with van der Waals surface area (Å²) in [5.74, 6) is 0. The molecule has 0 saturated carbocycles. The summed E-state index contributed by atoms with van der Waals surface area (Å²) in [5.41, 5.74) is -1.65. The van der Waals surface area contributed by atoms with Gasteiger partial charge in [0.15, 0.2) is 6.23 Å². The zero-order valence-electron chi connectivity index (χ0n) is 14.1. The Morgan fingerprint density at radius 1 is 1.23 bits per heavy atom. The van der Waals surface area contributed by atoms with Gasteiger partial charge in [0.2, 0.25) is 0 Å². The van der Waals surface area contributed by atoms with Crippen LogP contribution in [0.15, 0.2) is 21.9 Å². The molecule has 0 amide bonds. The molecule has 3 unspecified atom stereocenters. The number of ether oxygens (including phenoxy) is 1. The minimum Gasteiger partial charge on any atom is -1.00 e. The summed E-state index contributed by atoms with van der Waals surface area (Å²) in [6.45, 7) is -0.902. The fraction of sp³-hybridized carbons (Fsp3) is 0.556. The molecule has 1 aliphatic rings. The summed E-state index contributed by atoms with van der Waals surface area (Å²) in [6, 6.07) is 0.962. The van der Waals surface area contributed by atoms with Crippen LogP contribution in [0.4, 0.5) is 0 Å². The minimum atomic E-state index is -5.32. The molecule has 0 aliphatic carbocycles. The first-order valence-corrected chi connectivity index (χ1v) is 9.49. The van der Waals surface area contributed by atoms with Gasteiger partial charge < -0.3 is 31.1 Å². The number of phosphoric ester groups is 1. The van der Waals surface area contributed by atoms with Crippen LogP contribution >= 0.6 is 15.6 Å². The van der Waals surface area contributed by atoms with Crippen LogP contribution in [-0.4, -0.2) is 59.4 Å². The van der Waals surface area contributed by atoms with E-state index < -0.39 is 58.0 Å². The van der Waals surface area contributed by atoms with Crippen LogP contribution in [0.25, 0.3) is 0 Å². The van der Waals surface area contributed by atoms with Crippen LogP contribution in [0.2, 0.25) is 0 Å². The van der Waals surface area contributed by atoms with Gasteiger partial charge in [-0.2, -0.15) is 4.31 Å². The second kappa shape index (κ2) is 8.88. The van der Waals surface area contributed by atoms with Crippen molar-refractivity contribution >= 4 is 15.6 Å². The number of aliphatic hydroxyl groups is 2. The Labute approximate surface area is 168 Å². The molecule has 26 heavy (non-hydrogen) atoms. The van der Waals surface area contributed by atoms with E-state index in [1.807, 2.05) is 4.98 Å². The summed E-state index contributed by atoms with van der Waals surface area (Å²) >= 11 is 0. The number of aromatic nitrogens is 2. The molecule has 0 spiro atoms. The number of H-pyrrole nitrogens is 1.